The second-order valence-electron chi connectivity index (χ2n) is 5.56. The molecule has 4 nitrogen and oxygen atoms in total. The Labute approximate surface area is 113 Å². The highest BCUT2D eigenvalue weighted by Crippen LogP contribution is 2.34. The molecule has 1 N–H and O–H groups in total. The molecule has 102 valence electrons. The van der Waals surface area contributed by atoms with Crippen molar-refractivity contribution < 1.29 is 9.15 Å². The van der Waals surface area contributed by atoms with E-state index >= 15 is 0 Å². The minimum atomic E-state index is 0.0612. The number of rotatable bonds is 3. The van der Waals surface area contributed by atoms with E-state index in [4.69, 9.17) is 14.1 Å². The summed E-state index contributed by atoms with van der Waals surface area (Å²) in [5, 5.41) is 3.38. The second kappa shape index (κ2) is 4.94. The molecular formula is C15H20N2O2. The van der Waals surface area contributed by atoms with Crippen LogP contribution in [0.1, 0.15) is 31.2 Å². The van der Waals surface area contributed by atoms with Crippen LogP contribution in [-0.4, -0.2) is 25.2 Å². The van der Waals surface area contributed by atoms with Crippen LogP contribution in [0.25, 0.3) is 11.1 Å². The smallest absolute Gasteiger partial charge is 0.201 e. The monoisotopic (exact) mass is 260 g/mol. The van der Waals surface area contributed by atoms with E-state index in [1.165, 1.54) is 0 Å². The van der Waals surface area contributed by atoms with Crippen molar-refractivity contribution >= 4 is 11.1 Å². The third kappa shape index (κ3) is 2.38. The fourth-order valence-corrected chi connectivity index (χ4v) is 2.68. The van der Waals surface area contributed by atoms with Crippen molar-refractivity contribution in [2.45, 2.75) is 31.8 Å². The SMILES string of the molecule is COCc1ccc2oc(C3(C)CCNCC3)nc2c1. The number of ether oxygens (including phenoxy) is 1. The van der Waals surface area contributed by atoms with E-state index in [1.54, 1.807) is 7.11 Å². The van der Waals surface area contributed by atoms with Gasteiger partial charge in [-0.1, -0.05) is 13.0 Å². The van der Waals surface area contributed by atoms with Gasteiger partial charge in [-0.3, -0.25) is 0 Å². The molecule has 3 rings (SSSR count). The Balaban J connectivity index is 1.96. The first-order chi connectivity index (χ1) is 9.21. The lowest BCUT2D eigenvalue weighted by atomic mass is 9.81. The van der Waals surface area contributed by atoms with E-state index in [0.29, 0.717) is 6.61 Å². The van der Waals surface area contributed by atoms with Gasteiger partial charge in [-0.05, 0) is 43.6 Å². The van der Waals surface area contributed by atoms with E-state index < -0.39 is 0 Å². The molecule has 2 heterocycles. The molecule has 1 aromatic carbocycles. The fourth-order valence-electron chi connectivity index (χ4n) is 2.68. The van der Waals surface area contributed by atoms with Crippen LogP contribution in [0.15, 0.2) is 22.6 Å². The molecule has 2 aromatic rings. The average molecular weight is 260 g/mol. The lowest BCUT2D eigenvalue weighted by Crippen LogP contribution is -2.37. The van der Waals surface area contributed by atoms with E-state index in [-0.39, 0.29) is 5.41 Å². The molecule has 4 heteroatoms. The van der Waals surface area contributed by atoms with Gasteiger partial charge in [0, 0.05) is 12.5 Å². The lowest BCUT2D eigenvalue weighted by Gasteiger charge is -2.30. The molecule has 0 bridgehead atoms. The Bertz CT molecular complexity index is 571. The molecule has 0 radical (unpaired) electrons. The van der Waals surface area contributed by atoms with Gasteiger partial charge in [0.15, 0.2) is 5.58 Å². The van der Waals surface area contributed by atoms with Crippen LogP contribution in [0, 0.1) is 0 Å². The molecule has 0 spiro atoms. The van der Waals surface area contributed by atoms with Crippen LogP contribution in [-0.2, 0) is 16.8 Å². The third-order valence-electron chi connectivity index (χ3n) is 3.99. The number of piperidine rings is 1. The summed E-state index contributed by atoms with van der Waals surface area (Å²) in [5.74, 6) is 0.874. The quantitative estimate of drug-likeness (QED) is 0.921. The Morgan fingerprint density at radius 3 is 2.89 bits per heavy atom. The summed E-state index contributed by atoms with van der Waals surface area (Å²) in [6, 6.07) is 6.08. The van der Waals surface area contributed by atoms with Gasteiger partial charge in [0.1, 0.15) is 5.52 Å². The average Bonchev–Trinajstić information content (AvgIpc) is 2.84. The van der Waals surface area contributed by atoms with Crippen molar-refractivity contribution in [3.05, 3.63) is 29.7 Å². The Kier molecular flexibility index (Phi) is 3.29. The van der Waals surface area contributed by atoms with Crippen LogP contribution in [0.5, 0.6) is 0 Å². The van der Waals surface area contributed by atoms with Gasteiger partial charge in [0.25, 0.3) is 0 Å². The number of aromatic nitrogens is 1. The molecule has 1 fully saturated rings. The molecule has 0 aliphatic carbocycles. The Morgan fingerprint density at radius 2 is 2.16 bits per heavy atom. The summed E-state index contributed by atoms with van der Waals surface area (Å²) in [4.78, 5) is 4.70. The van der Waals surface area contributed by atoms with Gasteiger partial charge in [-0.15, -0.1) is 0 Å². The van der Waals surface area contributed by atoms with E-state index in [2.05, 4.69) is 18.3 Å². The van der Waals surface area contributed by atoms with Gasteiger partial charge in [-0.2, -0.15) is 0 Å². The Morgan fingerprint density at radius 1 is 1.37 bits per heavy atom. The predicted molar refractivity (Wildman–Crippen MR) is 74.2 cm³/mol. The van der Waals surface area contributed by atoms with E-state index in [1.807, 2.05) is 12.1 Å². The second-order valence-corrected chi connectivity index (χ2v) is 5.56. The van der Waals surface area contributed by atoms with Crippen LogP contribution in [0.3, 0.4) is 0 Å². The standard InChI is InChI=1S/C15H20N2O2/c1-15(5-7-16-8-6-15)14-17-12-9-11(10-18-2)3-4-13(12)19-14/h3-4,9,16H,5-8,10H2,1-2H3. The number of hydrogen-bond donors (Lipinski definition) is 1. The Hall–Kier alpha value is -1.39. The first-order valence-corrected chi connectivity index (χ1v) is 6.81. The van der Waals surface area contributed by atoms with Crippen LogP contribution < -0.4 is 5.32 Å². The van der Waals surface area contributed by atoms with Crippen molar-refractivity contribution in [3.8, 4) is 0 Å². The maximum atomic E-state index is 5.96. The summed E-state index contributed by atoms with van der Waals surface area (Å²) in [7, 11) is 1.70. The van der Waals surface area contributed by atoms with Crippen molar-refractivity contribution in [2.75, 3.05) is 20.2 Å². The highest BCUT2D eigenvalue weighted by Gasteiger charge is 2.33. The van der Waals surface area contributed by atoms with E-state index in [9.17, 15) is 0 Å². The number of fused-ring (bicyclic) bond motifs is 1. The molecule has 19 heavy (non-hydrogen) atoms. The highest BCUT2D eigenvalue weighted by molar-refractivity contribution is 5.73. The number of oxazole rings is 1. The largest absolute Gasteiger partial charge is 0.440 e. The first kappa shape index (κ1) is 12.6. The molecule has 1 aromatic heterocycles. The number of benzene rings is 1. The van der Waals surface area contributed by atoms with Crippen molar-refractivity contribution in [3.63, 3.8) is 0 Å². The molecule has 0 unspecified atom stereocenters. The molecular weight excluding hydrogens is 240 g/mol. The number of methoxy groups -OCH3 is 1. The van der Waals surface area contributed by atoms with Crippen LogP contribution >= 0.6 is 0 Å². The lowest BCUT2D eigenvalue weighted by molar-refractivity contribution is 0.185. The van der Waals surface area contributed by atoms with Crippen LogP contribution in [0.2, 0.25) is 0 Å². The van der Waals surface area contributed by atoms with Gasteiger partial charge in [0.2, 0.25) is 5.89 Å². The van der Waals surface area contributed by atoms with Crippen molar-refractivity contribution in [1.82, 2.24) is 10.3 Å². The normalized spacial score (nSPS) is 18.8. The third-order valence-corrected chi connectivity index (χ3v) is 3.99. The van der Waals surface area contributed by atoms with Crippen molar-refractivity contribution in [1.29, 1.82) is 0 Å². The molecule has 1 aliphatic rings. The predicted octanol–water partition coefficient (Wildman–Crippen LogP) is 2.62. The minimum Gasteiger partial charge on any atom is -0.440 e. The summed E-state index contributed by atoms with van der Waals surface area (Å²) < 4.78 is 11.1. The number of nitrogens with one attached hydrogen (secondary N) is 1. The maximum absolute atomic E-state index is 5.96. The van der Waals surface area contributed by atoms with E-state index in [0.717, 1.165) is 48.5 Å². The molecule has 0 amide bonds. The molecule has 1 aliphatic heterocycles. The first-order valence-electron chi connectivity index (χ1n) is 6.81. The minimum absolute atomic E-state index is 0.0612. The number of hydrogen-bond acceptors (Lipinski definition) is 4. The topological polar surface area (TPSA) is 47.3 Å². The maximum Gasteiger partial charge on any atom is 0.201 e. The summed E-state index contributed by atoms with van der Waals surface area (Å²) in [6.07, 6.45) is 2.15. The van der Waals surface area contributed by atoms with Gasteiger partial charge in [0.05, 0.1) is 6.61 Å². The summed E-state index contributed by atoms with van der Waals surface area (Å²) in [5.41, 5.74) is 3.00. The van der Waals surface area contributed by atoms with Gasteiger partial charge < -0.3 is 14.5 Å². The molecule has 1 saturated heterocycles. The molecule has 0 saturated carbocycles. The zero-order valence-corrected chi connectivity index (χ0v) is 11.5. The zero-order valence-electron chi connectivity index (χ0n) is 11.5. The van der Waals surface area contributed by atoms with Crippen molar-refractivity contribution in [2.24, 2.45) is 0 Å². The highest BCUT2D eigenvalue weighted by atomic mass is 16.5. The number of nitrogens with zero attached hydrogens (tertiary/aromatic N) is 1. The van der Waals surface area contributed by atoms with Gasteiger partial charge in [-0.25, -0.2) is 4.98 Å². The summed E-state index contributed by atoms with van der Waals surface area (Å²) in [6.45, 7) is 4.92. The zero-order chi connectivity index (χ0) is 13.3. The van der Waals surface area contributed by atoms with Gasteiger partial charge >= 0.3 is 0 Å². The molecule has 0 atom stereocenters. The fraction of sp³-hybridized carbons (Fsp3) is 0.533. The summed E-state index contributed by atoms with van der Waals surface area (Å²) >= 11 is 0. The van der Waals surface area contributed by atoms with Crippen LogP contribution in [0.4, 0.5) is 0 Å².